The summed E-state index contributed by atoms with van der Waals surface area (Å²) in [6.07, 6.45) is 1.44. The van der Waals surface area contributed by atoms with E-state index in [0.717, 1.165) is 5.92 Å². The first kappa shape index (κ1) is 8.52. The normalized spacial score (nSPS) is 35.0. The first-order valence-corrected chi connectivity index (χ1v) is 5.11. The Morgan fingerprint density at radius 3 is 2.42 bits per heavy atom. The summed E-state index contributed by atoms with van der Waals surface area (Å²) in [5, 5.41) is 3.39. The summed E-state index contributed by atoms with van der Waals surface area (Å²) in [5.41, 5.74) is 0.658. The maximum atomic E-state index is 3.39. The highest BCUT2D eigenvalue weighted by molar-refractivity contribution is 4.96. The highest BCUT2D eigenvalue weighted by Crippen LogP contribution is 2.51. The molecule has 2 fully saturated rings. The molecule has 2 rings (SSSR count). The van der Waals surface area contributed by atoms with E-state index in [1.165, 1.54) is 39.1 Å². The van der Waals surface area contributed by atoms with Crippen molar-refractivity contribution in [2.75, 3.05) is 32.7 Å². The zero-order valence-corrected chi connectivity index (χ0v) is 8.27. The average Bonchev–Trinajstić information content (AvgIpc) is 2.61. The summed E-state index contributed by atoms with van der Waals surface area (Å²) in [6.45, 7) is 11.0. The van der Waals surface area contributed by atoms with Gasteiger partial charge in [0.25, 0.3) is 0 Å². The van der Waals surface area contributed by atoms with E-state index in [2.05, 4.69) is 24.1 Å². The first-order chi connectivity index (χ1) is 5.68. The van der Waals surface area contributed by atoms with E-state index in [1.807, 2.05) is 0 Å². The van der Waals surface area contributed by atoms with Crippen LogP contribution < -0.4 is 5.32 Å². The molecule has 1 heterocycles. The van der Waals surface area contributed by atoms with Gasteiger partial charge in [0.05, 0.1) is 0 Å². The fraction of sp³-hybridized carbons (Fsp3) is 1.00. The molecule has 1 aliphatic heterocycles. The van der Waals surface area contributed by atoms with Gasteiger partial charge in [-0.3, -0.25) is 0 Å². The van der Waals surface area contributed by atoms with Crippen molar-refractivity contribution < 1.29 is 0 Å². The van der Waals surface area contributed by atoms with Crippen LogP contribution in [0.3, 0.4) is 0 Å². The molecule has 0 aromatic heterocycles. The van der Waals surface area contributed by atoms with E-state index in [-0.39, 0.29) is 0 Å². The second kappa shape index (κ2) is 3.00. The fourth-order valence-corrected chi connectivity index (χ4v) is 2.09. The molecule has 1 saturated carbocycles. The Morgan fingerprint density at radius 2 is 1.92 bits per heavy atom. The van der Waals surface area contributed by atoms with Gasteiger partial charge in [0.15, 0.2) is 0 Å². The number of nitrogens with zero attached hydrogens (tertiary/aromatic N) is 1. The van der Waals surface area contributed by atoms with Crippen LogP contribution in [0.25, 0.3) is 0 Å². The largest absolute Gasteiger partial charge is 0.314 e. The molecule has 2 heteroatoms. The van der Waals surface area contributed by atoms with Gasteiger partial charge in [-0.1, -0.05) is 13.8 Å². The third-order valence-electron chi connectivity index (χ3n) is 3.41. The molecule has 1 N–H and O–H groups in total. The standard InChI is InChI=1S/C10H20N2/c1-10(2)7-9(10)8-12-5-3-11-4-6-12/h9,11H,3-8H2,1-2H3. The van der Waals surface area contributed by atoms with Gasteiger partial charge >= 0.3 is 0 Å². The Bertz CT molecular complexity index is 159. The lowest BCUT2D eigenvalue weighted by atomic mass is 10.1. The van der Waals surface area contributed by atoms with Crippen LogP contribution in [0.15, 0.2) is 0 Å². The Hall–Kier alpha value is -0.0800. The highest BCUT2D eigenvalue weighted by atomic mass is 15.2. The minimum absolute atomic E-state index is 0.658. The predicted octanol–water partition coefficient (Wildman–Crippen LogP) is 0.938. The van der Waals surface area contributed by atoms with Crippen molar-refractivity contribution in [3.8, 4) is 0 Å². The lowest BCUT2D eigenvalue weighted by molar-refractivity contribution is 0.222. The van der Waals surface area contributed by atoms with Crippen LogP contribution >= 0.6 is 0 Å². The van der Waals surface area contributed by atoms with E-state index in [9.17, 15) is 0 Å². The van der Waals surface area contributed by atoms with Crippen LogP contribution in [0.5, 0.6) is 0 Å². The number of rotatable bonds is 2. The molecule has 12 heavy (non-hydrogen) atoms. The monoisotopic (exact) mass is 168 g/mol. The van der Waals surface area contributed by atoms with Gasteiger partial charge < -0.3 is 10.2 Å². The van der Waals surface area contributed by atoms with Crippen molar-refractivity contribution in [3.63, 3.8) is 0 Å². The molecule has 2 nitrogen and oxygen atoms in total. The average molecular weight is 168 g/mol. The number of nitrogens with one attached hydrogen (secondary N) is 1. The van der Waals surface area contributed by atoms with E-state index in [1.54, 1.807) is 0 Å². The molecule has 1 unspecified atom stereocenters. The van der Waals surface area contributed by atoms with Gasteiger partial charge in [0.2, 0.25) is 0 Å². The van der Waals surface area contributed by atoms with Gasteiger partial charge in [-0.25, -0.2) is 0 Å². The molecular formula is C10H20N2. The second-order valence-electron chi connectivity index (χ2n) is 4.94. The van der Waals surface area contributed by atoms with E-state index >= 15 is 0 Å². The molecule has 0 spiro atoms. The van der Waals surface area contributed by atoms with Gasteiger partial charge in [-0.05, 0) is 17.8 Å². The van der Waals surface area contributed by atoms with Crippen molar-refractivity contribution in [2.24, 2.45) is 11.3 Å². The maximum absolute atomic E-state index is 3.39. The van der Waals surface area contributed by atoms with E-state index in [4.69, 9.17) is 0 Å². The Balaban J connectivity index is 1.73. The highest BCUT2D eigenvalue weighted by Gasteiger charge is 2.45. The summed E-state index contributed by atoms with van der Waals surface area (Å²) >= 11 is 0. The number of hydrogen-bond donors (Lipinski definition) is 1. The Labute approximate surface area is 75.3 Å². The third kappa shape index (κ3) is 1.80. The molecule has 0 bridgehead atoms. The topological polar surface area (TPSA) is 15.3 Å². The van der Waals surface area contributed by atoms with Crippen LogP contribution in [-0.2, 0) is 0 Å². The van der Waals surface area contributed by atoms with Crippen molar-refractivity contribution in [1.29, 1.82) is 0 Å². The van der Waals surface area contributed by atoms with Crippen LogP contribution in [0, 0.1) is 11.3 Å². The molecule has 70 valence electrons. The molecule has 1 atom stereocenters. The SMILES string of the molecule is CC1(C)CC1CN1CCNCC1. The number of hydrogen-bond acceptors (Lipinski definition) is 2. The Morgan fingerprint density at radius 1 is 1.33 bits per heavy atom. The predicted molar refractivity (Wildman–Crippen MR) is 51.2 cm³/mol. The van der Waals surface area contributed by atoms with Gasteiger partial charge in [-0.2, -0.15) is 0 Å². The summed E-state index contributed by atoms with van der Waals surface area (Å²) in [6, 6.07) is 0. The van der Waals surface area contributed by atoms with Crippen LogP contribution in [0.2, 0.25) is 0 Å². The lowest BCUT2D eigenvalue weighted by Gasteiger charge is -2.27. The van der Waals surface area contributed by atoms with Gasteiger partial charge in [0.1, 0.15) is 0 Å². The molecule has 0 aromatic carbocycles. The van der Waals surface area contributed by atoms with Crippen molar-refractivity contribution in [1.82, 2.24) is 10.2 Å². The molecule has 2 aliphatic rings. The first-order valence-electron chi connectivity index (χ1n) is 5.11. The lowest BCUT2D eigenvalue weighted by Crippen LogP contribution is -2.44. The van der Waals surface area contributed by atoms with E-state index < -0.39 is 0 Å². The molecular weight excluding hydrogens is 148 g/mol. The van der Waals surface area contributed by atoms with Crippen molar-refractivity contribution in [3.05, 3.63) is 0 Å². The van der Waals surface area contributed by atoms with Crippen molar-refractivity contribution >= 4 is 0 Å². The van der Waals surface area contributed by atoms with Crippen LogP contribution in [-0.4, -0.2) is 37.6 Å². The molecule has 1 aliphatic carbocycles. The Kier molecular flexibility index (Phi) is 2.13. The quantitative estimate of drug-likeness (QED) is 0.660. The minimum atomic E-state index is 0.658. The third-order valence-corrected chi connectivity index (χ3v) is 3.41. The smallest absolute Gasteiger partial charge is 0.0107 e. The second-order valence-corrected chi connectivity index (χ2v) is 4.94. The summed E-state index contributed by atoms with van der Waals surface area (Å²) in [4.78, 5) is 2.61. The summed E-state index contributed by atoms with van der Waals surface area (Å²) in [5.74, 6) is 0.982. The fourth-order valence-electron chi connectivity index (χ4n) is 2.09. The molecule has 0 aromatic rings. The molecule has 0 radical (unpaired) electrons. The van der Waals surface area contributed by atoms with Gasteiger partial charge in [-0.15, -0.1) is 0 Å². The zero-order chi connectivity index (χ0) is 8.60. The molecule has 1 saturated heterocycles. The van der Waals surface area contributed by atoms with Gasteiger partial charge in [0, 0.05) is 32.7 Å². The van der Waals surface area contributed by atoms with Crippen LogP contribution in [0.1, 0.15) is 20.3 Å². The summed E-state index contributed by atoms with van der Waals surface area (Å²) in [7, 11) is 0. The maximum Gasteiger partial charge on any atom is 0.0107 e. The van der Waals surface area contributed by atoms with Crippen molar-refractivity contribution in [2.45, 2.75) is 20.3 Å². The summed E-state index contributed by atoms with van der Waals surface area (Å²) < 4.78 is 0. The van der Waals surface area contributed by atoms with E-state index in [0.29, 0.717) is 5.41 Å². The van der Waals surface area contributed by atoms with Crippen LogP contribution in [0.4, 0.5) is 0 Å². The number of piperazine rings is 1. The minimum Gasteiger partial charge on any atom is -0.314 e. The zero-order valence-electron chi connectivity index (χ0n) is 8.27. The molecule has 0 amide bonds.